The lowest BCUT2D eigenvalue weighted by atomic mass is 10.1. The van der Waals surface area contributed by atoms with Crippen LogP contribution in [-0.2, 0) is 14.3 Å². The first kappa shape index (κ1) is 19.3. The number of methoxy groups -OCH3 is 1. The summed E-state index contributed by atoms with van der Waals surface area (Å²) in [4.78, 5) is 11.8. The van der Waals surface area contributed by atoms with E-state index in [2.05, 4.69) is 13.8 Å². The monoisotopic (exact) mass is 348 g/mol. The fraction of sp³-hybridized carbons (Fsp3) is 0.550. The highest BCUT2D eigenvalue weighted by molar-refractivity contribution is 5.87. The van der Waals surface area contributed by atoms with Gasteiger partial charge in [-0.3, -0.25) is 0 Å². The minimum absolute atomic E-state index is 0.0311. The van der Waals surface area contributed by atoms with Crippen LogP contribution in [0.2, 0.25) is 0 Å². The van der Waals surface area contributed by atoms with E-state index in [-0.39, 0.29) is 12.1 Å². The Morgan fingerprint density at radius 2 is 2.16 bits per heavy atom. The molecular weight excluding hydrogens is 320 g/mol. The predicted octanol–water partition coefficient (Wildman–Crippen LogP) is 3.86. The van der Waals surface area contributed by atoms with Gasteiger partial charge in [-0.2, -0.15) is 0 Å². The minimum Gasteiger partial charge on any atom is -0.493 e. The van der Waals surface area contributed by atoms with Crippen molar-refractivity contribution in [1.29, 1.82) is 0 Å². The lowest BCUT2D eigenvalue weighted by molar-refractivity contribution is -0.143. The molecule has 1 aromatic carbocycles. The Hall–Kier alpha value is -2.01. The number of rotatable bonds is 8. The first-order chi connectivity index (χ1) is 12.1. The van der Waals surface area contributed by atoms with Gasteiger partial charge in [-0.05, 0) is 49.0 Å². The van der Waals surface area contributed by atoms with Gasteiger partial charge in [0.1, 0.15) is 6.61 Å². The molecule has 0 spiro atoms. The quantitative estimate of drug-likeness (QED) is 0.527. The highest BCUT2D eigenvalue weighted by Crippen LogP contribution is 2.29. The lowest BCUT2D eigenvalue weighted by Crippen LogP contribution is -2.25. The van der Waals surface area contributed by atoms with Crippen LogP contribution in [-0.4, -0.2) is 39.0 Å². The fourth-order valence-electron chi connectivity index (χ4n) is 2.49. The van der Waals surface area contributed by atoms with Gasteiger partial charge in [0, 0.05) is 12.7 Å². The van der Waals surface area contributed by atoms with Crippen LogP contribution in [0.4, 0.5) is 0 Å². The van der Waals surface area contributed by atoms with Gasteiger partial charge in [-0.15, -0.1) is 0 Å². The number of hydrogen-bond donors (Lipinski definition) is 0. The molecule has 138 valence electrons. The van der Waals surface area contributed by atoms with Gasteiger partial charge in [-0.1, -0.05) is 19.9 Å². The fourth-order valence-corrected chi connectivity index (χ4v) is 2.49. The highest BCUT2D eigenvalue weighted by atomic mass is 16.6. The molecule has 1 aliphatic heterocycles. The van der Waals surface area contributed by atoms with Crippen molar-refractivity contribution in [3.8, 4) is 11.5 Å². The minimum atomic E-state index is -0.367. The standard InChI is InChI=1S/C20H28O5/c1-15(2)13-24-18-9-7-16(12-19(18)22-3)8-10-20(21)25-14-17-6-4-5-11-23-17/h7-10,12,15,17H,4-6,11,13-14H2,1-3H3/b10-8+. The maximum absolute atomic E-state index is 11.8. The molecule has 5 heteroatoms. The lowest BCUT2D eigenvalue weighted by Gasteiger charge is -2.21. The average Bonchev–Trinajstić information content (AvgIpc) is 2.64. The number of benzene rings is 1. The van der Waals surface area contributed by atoms with E-state index in [0.29, 0.717) is 30.6 Å². The summed E-state index contributed by atoms with van der Waals surface area (Å²) in [6, 6.07) is 5.57. The van der Waals surface area contributed by atoms with Crippen LogP contribution in [0.5, 0.6) is 11.5 Å². The second-order valence-electron chi connectivity index (χ2n) is 6.57. The van der Waals surface area contributed by atoms with Crippen molar-refractivity contribution in [2.75, 3.05) is 26.9 Å². The van der Waals surface area contributed by atoms with Gasteiger partial charge in [-0.25, -0.2) is 4.79 Å². The molecule has 1 aliphatic rings. The van der Waals surface area contributed by atoms with E-state index in [1.165, 1.54) is 6.08 Å². The maximum Gasteiger partial charge on any atom is 0.330 e. The molecule has 25 heavy (non-hydrogen) atoms. The molecule has 0 N–H and O–H groups in total. The van der Waals surface area contributed by atoms with Crippen molar-refractivity contribution >= 4 is 12.0 Å². The first-order valence-corrected chi connectivity index (χ1v) is 8.85. The molecular formula is C20H28O5. The summed E-state index contributed by atoms with van der Waals surface area (Å²) in [5.74, 6) is 1.41. The number of ether oxygens (including phenoxy) is 4. The Kier molecular flexibility index (Phi) is 7.79. The van der Waals surface area contributed by atoms with Crippen LogP contribution in [0.3, 0.4) is 0 Å². The Morgan fingerprint density at radius 1 is 1.32 bits per heavy atom. The topological polar surface area (TPSA) is 54.0 Å². The molecule has 1 atom stereocenters. The second kappa shape index (κ2) is 10.1. The van der Waals surface area contributed by atoms with Gasteiger partial charge in [0.15, 0.2) is 11.5 Å². The summed E-state index contributed by atoms with van der Waals surface area (Å²) in [6.45, 7) is 5.87. The molecule has 0 saturated carbocycles. The molecule has 1 unspecified atom stereocenters. The van der Waals surface area contributed by atoms with Crippen molar-refractivity contribution in [2.45, 2.75) is 39.2 Å². The highest BCUT2D eigenvalue weighted by Gasteiger charge is 2.15. The Balaban J connectivity index is 1.87. The molecule has 5 nitrogen and oxygen atoms in total. The SMILES string of the molecule is COc1cc(/C=C/C(=O)OCC2CCCCO2)ccc1OCC(C)C. The van der Waals surface area contributed by atoms with Gasteiger partial charge in [0.05, 0.1) is 19.8 Å². The Bertz CT molecular complexity index is 573. The molecule has 1 saturated heterocycles. The third-order valence-corrected chi connectivity index (χ3v) is 3.86. The molecule has 0 aromatic heterocycles. The Morgan fingerprint density at radius 3 is 2.84 bits per heavy atom. The summed E-state index contributed by atoms with van der Waals surface area (Å²) < 4.78 is 21.9. The summed E-state index contributed by atoms with van der Waals surface area (Å²) in [7, 11) is 1.60. The van der Waals surface area contributed by atoms with Crippen molar-refractivity contribution < 1.29 is 23.7 Å². The van der Waals surface area contributed by atoms with E-state index >= 15 is 0 Å². The van der Waals surface area contributed by atoms with Gasteiger partial charge in [0.2, 0.25) is 0 Å². The van der Waals surface area contributed by atoms with Gasteiger partial charge >= 0.3 is 5.97 Å². The van der Waals surface area contributed by atoms with E-state index in [0.717, 1.165) is 31.4 Å². The number of esters is 1. The zero-order valence-electron chi connectivity index (χ0n) is 15.3. The smallest absolute Gasteiger partial charge is 0.330 e. The summed E-state index contributed by atoms with van der Waals surface area (Å²) in [5, 5.41) is 0. The molecule has 0 aliphatic carbocycles. The van der Waals surface area contributed by atoms with Crippen LogP contribution in [0, 0.1) is 5.92 Å². The summed E-state index contributed by atoms with van der Waals surface area (Å²) >= 11 is 0. The van der Waals surface area contributed by atoms with Crippen molar-refractivity contribution in [2.24, 2.45) is 5.92 Å². The molecule has 0 amide bonds. The van der Waals surface area contributed by atoms with E-state index < -0.39 is 0 Å². The number of carbonyl (C=O) groups is 1. The molecule has 0 bridgehead atoms. The van der Waals surface area contributed by atoms with Crippen molar-refractivity contribution in [3.05, 3.63) is 29.8 Å². The normalized spacial score (nSPS) is 17.7. The predicted molar refractivity (Wildman–Crippen MR) is 96.9 cm³/mol. The van der Waals surface area contributed by atoms with Crippen LogP contribution in [0.1, 0.15) is 38.7 Å². The third kappa shape index (κ3) is 6.78. The summed E-state index contributed by atoms with van der Waals surface area (Å²) in [6.07, 6.45) is 6.33. The molecule has 1 heterocycles. The van der Waals surface area contributed by atoms with E-state index in [1.54, 1.807) is 13.2 Å². The maximum atomic E-state index is 11.8. The average molecular weight is 348 g/mol. The zero-order chi connectivity index (χ0) is 18.1. The molecule has 1 fully saturated rings. The Labute approximate surface area is 149 Å². The second-order valence-corrected chi connectivity index (χ2v) is 6.57. The van der Waals surface area contributed by atoms with Gasteiger partial charge < -0.3 is 18.9 Å². The van der Waals surface area contributed by atoms with Crippen LogP contribution in [0.15, 0.2) is 24.3 Å². The largest absolute Gasteiger partial charge is 0.493 e. The van der Waals surface area contributed by atoms with E-state index in [9.17, 15) is 4.79 Å². The van der Waals surface area contributed by atoms with Crippen LogP contribution >= 0.6 is 0 Å². The van der Waals surface area contributed by atoms with Crippen molar-refractivity contribution in [1.82, 2.24) is 0 Å². The first-order valence-electron chi connectivity index (χ1n) is 8.85. The zero-order valence-corrected chi connectivity index (χ0v) is 15.3. The number of carbonyl (C=O) groups excluding carboxylic acids is 1. The van der Waals surface area contributed by atoms with E-state index in [1.807, 2.05) is 18.2 Å². The summed E-state index contributed by atoms with van der Waals surface area (Å²) in [5.41, 5.74) is 0.847. The van der Waals surface area contributed by atoms with Crippen LogP contribution in [0.25, 0.3) is 6.08 Å². The van der Waals surface area contributed by atoms with Crippen molar-refractivity contribution in [3.63, 3.8) is 0 Å². The molecule has 0 radical (unpaired) electrons. The van der Waals surface area contributed by atoms with E-state index in [4.69, 9.17) is 18.9 Å². The van der Waals surface area contributed by atoms with Gasteiger partial charge in [0.25, 0.3) is 0 Å². The number of hydrogen-bond acceptors (Lipinski definition) is 5. The molecule has 2 rings (SSSR count). The van der Waals surface area contributed by atoms with Crippen LogP contribution < -0.4 is 9.47 Å². The third-order valence-electron chi connectivity index (χ3n) is 3.86. The molecule has 1 aromatic rings.